The molecule has 8 heteroatoms. The molecule has 1 fully saturated rings. The van der Waals surface area contributed by atoms with Crippen molar-refractivity contribution in [1.29, 1.82) is 0 Å². The van der Waals surface area contributed by atoms with Gasteiger partial charge in [0.2, 0.25) is 0 Å². The molecular weight excluding hydrogens is 403 g/mol. The zero-order chi connectivity index (χ0) is 20.3. The van der Waals surface area contributed by atoms with Crippen LogP contribution in [-0.4, -0.2) is 32.3 Å². The number of halogens is 2. The number of ether oxygens (including phenoxy) is 2. The van der Waals surface area contributed by atoms with Gasteiger partial charge in [0.05, 0.1) is 36.1 Å². The lowest BCUT2D eigenvalue weighted by Gasteiger charge is -2.27. The number of nitrogens with one attached hydrogen (secondary N) is 1. The van der Waals surface area contributed by atoms with Crippen molar-refractivity contribution in [2.75, 3.05) is 25.2 Å². The van der Waals surface area contributed by atoms with Crippen LogP contribution in [0, 0.1) is 0 Å². The third kappa shape index (κ3) is 3.58. The summed E-state index contributed by atoms with van der Waals surface area (Å²) >= 11 is 12.0. The average molecular weight is 421 g/mol. The minimum Gasteiger partial charge on any atom is -0.497 e. The van der Waals surface area contributed by atoms with Crippen LogP contribution in [0.5, 0.6) is 5.75 Å². The molecule has 3 amide bonds. The molecule has 0 saturated carbocycles. The summed E-state index contributed by atoms with van der Waals surface area (Å²) in [7, 11) is 1.55. The maximum Gasteiger partial charge on any atom is 0.330 e. The summed E-state index contributed by atoms with van der Waals surface area (Å²) in [6.07, 6.45) is 1.57. The van der Waals surface area contributed by atoms with Crippen molar-refractivity contribution in [3.63, 3.8) is 0 Å². The number of amides is 3. The molecule has 1 atom stereocenters. The number of methoxy groups -OCH3 is 1. The smallest absolute Gasteiger partial charge is 0.330 e. The van der Waals surface area contributed by atoms with E-state index >= 15 is 0 Å². The number of benzene rings is 2. The van der Waals surface area contributed by atoms with Crippen LogP contribution >= 0.6 is 23.2 Å². The van der Waals surface area contributed by atoms with Crippen molar-refractivity contribution in [2.24, 2.45) is 0 Å². The molecule has 1 N–H and O–H groups in total. The summed E-state index contributed by atoms with van der Waals surface area (Å²) in [5.41, 5.74) is -0.507. The van der Waals surface area contributed by atoms with Crippen molar-refractivity contribution < 1.29 is 19.1 Å². The number of carbonyl (C=O) groups is 2. The first-order valence-corrected chi connectivity index (χ1v) is 9.13. The van der Waals surface area contributed by atoms with Gasteiger partial charge in [-0.05, 0) is 35.9 Å². The molecule has 1 aliphatic heterocycles. The Balaban J connectivity index is 2.03. The van der Waals surface area contributed by atoms with Gasteiger partial charge in [0.25, 0.3) is 5.91 Å². The fourth-order valence-electron chi connectivity index (χ4n) is 2.98. The highest BCUT2D eigenvalue weighted by atomic mass is 35.5. The SMILES string of the molecule is C=CCOCC1(c2ccc(OC)cc2)NC(=O)N(c2ccc(Cl)c(Cl)c2)C1=O. The van der Waals surface area contributed by atoms with E-state index in [-0.39, 0.29) is 18.2 Å². The van der Waals surface area contributed by atoms with Gasteiger partial charge in [-0.25, -0.2) is 9.69 Å². The van der Waals surface area contributed by atoms with Gasteiger partial charge in [-0.3, -0.25) is 4.79 Å². The van der Waals surface area contributed by atoms with Gasteiger partial charge < -0.3 is 14.8 Å². The Labute approximate surface area is 172 Å². The van der Waals surface area contributed by atoms with Crippen LogP contribution in [0.3, 0.4) is 0 Å². The van der Waals surface area contributed by atoms with Gasteiger partial charge in [0.15, 0.2) is 5.54 Å². The van der Waals surface area contributed by atoms with E-state index in [1.54, 1.807) is 43.5 Å². The van der Waals surface area contributed by atoms with Crippen LogP contribution in [0.4, 0.5) is 10.5 Å². The Morgan fingerprint density at radius 2 is 1.86 bits per heavy atom. The molecular formula is C20H18Cl2N2O4. The van der Waals surface area contributed by atoms with Gasteiger partial charge >= 0.3 is 6.03 Å². The fourth-order valence-corrected chi connectivity index (χ4v) is 3.27. The van der Waals surface area contributed by atoms with Crippen LogP contribution in [0.1, 0.15) is 5.56 Å². The number of carbonyl (C=O) groups excluding carboxylic acids is 2. The molecule has 28 heavy (non-hydrogen) atoms. The van der Waals surface area contributed by atoms with E-state index in [2.05, 4.69) is 11.9 Å². The summed E-state index contributed by atoms with van der Waals surface area (Å²) in [6, 6.07) is 10.8. The zero-order valence-corrected chi connectivity index (χ0v) is 16.6. The first-order valence-electron chi connectivity index (χ1n) is 8.38. The lowest BCUT2D eigenvalue weighted by atomic mass is 9.90. The predicted molar refractivity (Wildman–Crippen MR) is 108 cm³/mol. The maximum absolute atomic E-state index is 13.4. The van der Waals surface area contributed by atoms with Crippen molar-refractivity contribution in [1.82, 2.24) is 5.32 Å². The van der Waals surface area contributed by atoms with Gasteiger partial charge in [-0.1, -0.05) is 41.4 Å². The number of imide groups is 1. The highest BCUT2D eigenvalue weighted by Gasteiger charge is 2.53. The summed E-state index contributed by atoms with van der Waals surface area (Å²) < 4.78 is 10.7. The predicted octanol–water partition coefficient (Wildman–Crippen LogP) is 4.16. The second kappa shape index (κ2) is 8.22. The van der Waals surface area contributed by atoms with Crippen LogP contribution < -0.4 is 15.0 Å². The van der Waals surface area contributed by atoms with Crippen LogP contribution in [0.15, 0.2) is 55.1 Å². The number of urea groups is 1. The third-order valence-corrected chi connectivity index (χ3v) is 5.13. The molecule has 0 aromatic heterocycles. The zero-order valence-electron chi connectivity index (χ0n) is 15.1. The van der Waals surface area contributed by atoms with Gasteiger partial charge in [-0.2, -0.15) is 0 Å². The number of hydrogen-bond acceptors (Lipinski definition) is 4. The van der Waals surface area contributed by atoms with Crippen molar-refractivity contribution >= 4 is 40.8 Å². The van der Waals surface area contributed by atoms with E-state index in [4.69, 9.17) is 32.7 Å². The largest absolute Gasteiger partial charge is 0.497 e. The number of hydrogen-bond donors (Lipinski definition) is 1. The second-order valence-electron chi connectivity index (χ2n) is 6.11. The molecule has 1 aliphatic rings. The molecule has 1 heterocycles. The van der Waals surface area contributed by atoms with Crippen molar-refractivity contribution in [3.05, 3.63) is 70.7 Å². The Kier molecular flexibility index (Phi) is 5.93. The van der Waals surface area contributed by atoms with E-state index < -0.39 is 17.5 Å². The van der Waals surface area contributed by atoms with Gasteiger partial charge in [0.1, 0.15) is 5.75 Å². The van der Waals surface area contributed by atoms with E-state index in [9.17, 15) is 9.59 Å². The minimum atomic E-state index is -1.39. The van der Waals surface area contributed by atoms with Crippen LogP contribution in [0.2, 0.25) is 10.0 Å². The molecule has 146 valence electrons. The van der Waals surface area contributed by atoms with Gasteiger partial charge in [-0.15, -0.1) is 6.58 Å². The quantitative estimate of drug-likeness (QED) is 0.414. The lowest BCUT2D eigenvalue weighted by molar-refractivity contribution is -0.124. The van der Waals surface area contributed by atoms with Gasteiger partial charge in [0, 0.05) is 0 Å². The molecule has 0 spiro atoms. The monoisotopic (exact) mass is 420 g/mol. The summed E-state index contributed by atoms with van der Waals surface area (Å²) in [5.74, 6) is 0.147. The molecule has 0 aliphatic carbocycles. The molecule has 3 rings (SSSR count). The molecule has 0 radical (unpaired) electrons. The average Bonchev–Trinajstić information content (AvgIpc) is 2.95. The number of nitrogens with zero attached hydrogens (tertiary/aromatic N) is 1. The minimum absolute atomic E-state index is 0.0618. The maximum atomic E-state index is 13.4. The van der Waals surface area contributed by atoms with E-state index in [0.29, 0.717) is 22.0 Å². The van der Waals surface area contributed by atoms with E-state index in [1.807, 2.05) is 0 Å². The Morgan fingerprint density at radius 3 is 2.46 bits per heavy atom. The molecule has 6 nitrogen and oxygen atoms in total. The first kappa shape index (κ1) is 20.2. The standard InChI is InChI=1S/C20H18Cl2N2O4/c1-3-10-28-12-20(13-4-7-15(27-2)8-5-13)18(25)24(19(26)23-20)14-6-9-16(21)17(22)11-14/h3-9,11H,1,10,12H2,2H3,(H,23,26). The number of rotatable bonds is 7. The Bertz CT molecular complexity index is 917. The van der Waals surface area contributed by atoms with E-state index in [0.717, 1.165) is 4.90 Å². The highest BCUT2D eigenvalue weighted by molar-refractivity contribution is 6.42. The van der Waals surface area contributed by atoms with Crippen molar-refractivity contribution in [2.45, 2.75) is 5.54 Å². The molecule has 1 saturated heterocycles. The first-order chi connectivity index (χ1) is 13.4. The van der Waals surface area contributed by atoms with E-state index in [1.165, 1.54) is 12.1 Å². The number of anilines is 1. The van der Waals surface area contributed by atoms with Crippen LogP contribution in [-0.2, 0) is 15.1 Å². The Hall–Kier alpha value is -2.54. The molecule has 1 unspecified atom stereocenters. The topological polar surface area (TPSA) is 67.9 Å². The molecule has 2 aromatic rings. The fraction of sp³-hybridized carbons (Fsp3) is 0.200. The normalized spacial score (nSPS) is 18.9. The Morgan fingerprint density at radius 1 is 1.14 bits per heavy atom. The third-order valence-electron chi connectivity index (χ3n) is 4.39. The highest BCUT2D eigenvalue weighted by Crippen LogP contribution is 2.35. The summed E-state index contributed by atoms with van der Waals surface area (Å²) in [5, 5.41) is 3.34. The second-order valence-corrected chi connectivity index (χ2v) is 6.92. The lowest BCUT2D eigenvalue weighted by Crippen LogP contribution is -2.48. The molecule has 0 bridgehead atoms. The van der Waals surface area contributed by atoms with Crippen molar-refractivity contribution in [3.8, 4) is 5.75 Å². The molecule has 2 aromatic carbocycles. The van der Waals surface area contributed by atoms with Crippen LogP contribution in [0.25, 0.3) is 0 Å². The summed E-state index contributed by atoms with van der Waals surface area (Å²) in [4.78, 5) is 27.2. The summed E-state index contributed by atoms with van der Waals surface area (Å²) in [6.45, 7) is 3.77.